The molecule has 1 heterocycles. The summed E-state index contributed by atoms with van der Waals surface area (Å²) in [7, 11) is 3.32. The van der Waals surface area contributed by atoms with Crippen LogP contribution in [0, 0.1) is 0 Å². The van der Waals surface area contributed by atoms with Crippen molar-refractivity contribution in [2.45, 2.75) is 44.7 Å². The second-order valence-corrected chi connectivity index (χ2v) is 8.99. The summed E-state index contributed by atoms with van der Waals surface area (Å²) in [4.78, 5) is 7.56. The summed E-state index contributed by atoms with van der Waals surface area (Å²) in [5, 5.41) is 7.07. The Morgan fingerprint density at radius 3 is 2.43 bits per heavy atom. The zero-order valence-electron chi connectivity index (χ0n) is 18.5. The maximum Gasteiger partial charge on any atom is 0.191 e. The number of rotatable bonds is 8. The highest BCUT2D eigenvalue weighted by molar-refractivity contribution is 14.0. The lowest BCUT2D eigenvalue weighted by Gasteiger charge is -2.43. The van der Waals surface area contributed by atoms with Gasteiger partial charge in [-0.05, 0) is 37.5 Å². The molecule has 2 fully saturated rings. The summed E-state index contributed by atoms with van der Waals surface area (Å²) in [5.41, 5.74) is 1.39. The average Bonchev–Trinajstić information content (AvgIpc) is 3.26. The number of aliphatic imine (C=N–C) groups is 1. The normalized spacial score (nSPS) is 19.1. The molecular formula is C22H37IN4O2S. The fourth-order valence-electron chi connectivity index (χ4n) is 4.41. The number of hydrogen-bond donors (Lipinski definition) is 2. The van der Waals surface area contributed by atoms with Crippen molar-refractivity contribution in [3.8, 4) is 11.5 Å². The van der Waals surface area contributed by atoms with Crippen LogP contribution in [-0.2, 0) is 6.54 Å². The van der Waals surface area contributed by atoms with Gasteiger partial charge in [0, 0.05) is 43.2 Å². The van der Waals surface area contributed by atoms with Crippen molar-refractivity contribution >= 4 is 41.7 Å². The Balaban J connectivity index is 0.00000320. The highest BCUT2D eigenvalue weighted by Crippen LogP contribution is 2.36. The second-order valence-electron chi connectivity index (χ2n) is 7.77. The van der Waals surface area contributed by atoms with Crippen molar-refractivity contribution in [2.24, 2.45) is 4.99 Å². The number of methoxy groups -OCH3 is 2. The van der Waals surface area contributed by atoms with Crippen molar-refractivity contribution in [1.29, 1.82) is 0 Å². The fourth-order valence-corrected chi connectivity index (χ4v) is 5.32. The Kier molecular flexibility index (Phi) is 10.9. The molecule has 0 bridgehead atoms. The first kappa shape index (κ1) is 25.4. The first-order valence-electron chi connectivity index (χ1n) is 10.8. The summed E-state index contributed by atoms with van der Waals surface area (Å²) < 4.78 is 10.7. The lowest BCUT2D eigenvalue weighted by atomic mass is 9.94. The van der Waals surface area contributed by atoms with E-state index in [0.29, 0.717) is 12.1 Å². The molecule has 30 heavy (non-hydrogen) atoms. The van der Waals surface area contributed by atoms with Crippen LogP contribution >= 0.6 is 35.7 Å². The third-order valence-electron chi connectivity index (χ3n) is 6.01. The number of guanidine groups is 1. The monoisotopic (exact) mass is 548 g/mol. The molecule has 0 unspecified atom stereocenters. The zero-order chi connectivity index (χ0) is 20.5. The number of ether oxygens (including phenoxy) is 2. The Hall–Kier alpha value is -0.870. The van der Waals surface area contributed by atoms with Crippen molar-refractivity contribution in [3.63, 3.8) is 0 Å². The summed E-state index contributed by atoms with van der Waals surface area (Å²) in [6.07, 6.45) is 5.26. The fraction of sp³-hybridized carbons (Fsp3) is 0.682. The van der Waals surface area contributed by atoms with E-state index in [0.717, 1.165) is 36.1 Å². The van der Waals surface area contributed by atoms with Crippen LogP contribution in [0.2, 0.25) is 0 Å². The summed E-state index contributed by atoms with van der Waals surface area (Å²) in [5.74, 6) is 4.89. The van der Waals surface area contributed by atoms with Crippen LogP contribution < -0.4 is 20.1 Å². The van der Waals surface area contributed by atoms with E-state index in [9.17, 15) is 0 Å². The molecular weight excluding hydrogens is 511 g/mol. The van der Waals surface area contributed by atoms with Crippen molar-refractivity contribution in [3.05, 3.63) is 23.8 Å². The lowest BCUT2D eigenvalue weighted by molar-refractivity contribution is 0.107. The SMILES string of the molecule is CCNC(=NCc1ccc(OC)c(OC)c1)NCC1(N2CCSCC2)CCCC1.I. The standard InChI is InChI=1S/C22H36N4O2S.HI/c1-4-23-21(24-16-18-7-8-19(27-2)20(15-18)28-3)25-17-22(9-5-6-10-22)26-11-13-29-14-12-26;/h7-8,15H,4-6,9-14,16-17H2,1-3H3,(H2,23,24,25);1H. The minimum absolute atomic E-state index is 0. The quantitative estimate of drug-likeness (QED) is 0.294. The zero-order valence-corrected chi connectivity index (χ0v) is 21.7. The van der Waals surface area contributed by atoms with Gasteiger partial charge in [0.2, 0.25) is 0 Å². The maximum absolute atomic E-state index is 5.41. The van der Waals surface area contributed by atoms with Crippen LogP contribution in [-0.4, -0.2) is 68.3 Å². The van der Waals surface area contributed by atoms with Gasteiger partial charge in [-0.25, -0.2) is 4.99 Å². The second kappa shape index (κ2) is 12.9. The van der Waals surface area contributed by atoms with Crippen molar-refractivity contribution in [1.82, 2.24) is 15.5 Å². The molecule has 3 rings (SSSR count). The lowest BCUT2D eigenvalue weighted by Crippen LogP contribution is -2.57. The largest absolute Gasteiger partial charge is 0.493 e. The molecule has 8 heteroatoms. The number of nitrogens with one attached hydrogen (secondary N) is 2. The summed E-state index contributed by atoms with van der Waals surface area (Å²) in [6, 6.07) is 5.97. The van der Waals surface area contributed by atoms with Gasteiger partial charge < -0.3 is 20.1 Å². The van der Waals surface area contributed by atoms with Gasteiger partial charge in [-0.15, -0.1) is 24.0 Å². The molecule has 1 saturated heterocycles. The molecule has 0 amide bonds. The number of nitrogens with zero attached hydrogens (tertiary/aromatic N) is 2. The molecule has 1 saturated carbocycles. The van der Waals surface area contributed by atoms with E-state index >= 15 is 0 Å². The minimum Gasteiger partial charge on any atom is -0.493 e. The molecule has 6 nitrogen and oxygen atoms in total. The Bertz CT molecular complexity index is 677. The highest BCUT2D eigenvalue weighted by Gasteiger charge is 2.39. The molecule has 0 aromatic heterocycles. The number of benzene rings is 1. The molecule has 170 valence electrons. The molecule has 0 radical (unpaired) electrons. The minimum atomic E-state index is 0. The van der Waals surface area contributed by atoms with Gasteiger partial charge in [0.05, 0.1) is 20.8 Å². The van der Waals surface area contributed by atoms with Crippen LogP contribution in [0.15, 0.2) is 23.2 Å². The van der Waals surface area contributed by atoms with E-state index in [4.69, 9.17) is 14.5 Å². The summed E-state index contributed by atoms with van der Waals surface area (Å²) in [6.45, 7) is 6.96. The third kappa shape index (κ3) is 6.56. The van der Waals surface area contributed by atoms with E-state index in [-0.39, 0.29) is 24.0 Å². The Morgan fingerprint density at radius 2 is 1.80 bits per heavy atom. The van der Waals surface area contributed by atoms with Gasteiger partial charge in [-0.3, -0.25) is 4.90 Å². The average molecular weight is 549 g/mol. The number of halogens is 1. The predicted molar refractivity (Wildman–Crippen MR) is 138 cm³/mol. The van der Waals surface area contributed by atoms with E-state index in [1.807, 2.05) is 18.2 Å². The molecule has 1 aliphatic heterocycles. The van der Waals surface area contributed by atoms with E-state index < -0.39 is 0 Å². The Labute approximate surface area is 203 Å². The van der Waals surface area contributed by atoms with Crippen LogP contribution in [0.3, 0.4) is 0 Å². The van der Waals surface area contributed by atoms with Crippen LogP contribution in [0.4, 0.5) is 0 Å². The molecule has 0 spiro atoms. The molecule has 1 aliphatic carbocycles. The predicted octanol–water partition coefficient (Wildman–Crippen LogP) is 3.74. The number of thioether (sulfide) groups is 1. The van der Waals surface area contributed by atoms with Gasteiger partial charge in [-0.2, -0.15) is 11.8 Å². The smallest absolute Gasteiger partial charge is 0.191 e. The van der Waals surface area contributed by atoms with Crippen LogP contribution in [0.25, 0.3) is 0 Å². The van der Waals surface area contributed by atoms with Crippen molar-refractivity contribution in [2.75, 3.05) is 51.9 Å². The van der Waals surface area contributed by atoms with Gasteiger partial charge in [0.1, 0.15) is 0 Å². The van der Waals surface area contributed by atoms with Crippen LogP contribution in [0.5, 0.6) is 11.5 Å². The van der Waals surface area contributed by atoms with E-state index in [1.165, 1.54) is 50.3 Å². The van der Waals surface area contributed by atoms with Crippen LogP contribution in [0.1, 0.15) is 38.2 Å². The van der Waals surface area contributed by atoms with Gasteiger partial charge in [0.15, 0.2) is 17.5 Å². The van der Waals surface area contributed by atoms with E-state index in [2.05, 4.69) is 34.2 Å². The van der Waals surface area contributed by atoms with Crippen molar-refractivity contribution < 1.29 is 9.47 Å². The highest BCUT2D eigenvalue weighted by atomic mass is 127. The summed E-state index contributed by atoms with van der Waals surface area (Å²) >= 11 is 2.08. The molecule has 2 N–H and O–H groups in total. The van der Waals surface area contributed by atoms with Gasteiger partial charge in [0.25, 0.3) is 0 Å². The molecule has 0 atom stereocenters. The molecule has 1 aromatic carbocycles. The molecule has 2 aliphatic rings. The van der Waals surface area contributed by atoms with Gasteiger partial charge >= 0.3 is 0 Å². The van der Waals surface area contributed by atoms with Gasteiger partial charge in [-0.1, -0.05) is 18.9 Å². The maximum atomic E-state index is 5.41. The first-order chi connectivity index (χ1) is 14.2. The third-order valence-corrected chi connectivity index (χ3v) is 6.96. The number of hydrogen-bond acceptors (Lipinski definition) is 5. The first-order valence-corrected chi connectivity index (χ1v) is 11.9. The Morgan fingerprint density at radius 1 is 1.10 bits per heavy atom. The molecule has 1 aromatic rings. The van der Waals surface area contributed by atoms with E-state index in [1.54, 1.807) is 14.2 Å². The topological polar surface area (TPSA) is 58.1 Å².